The van der Waals surface area contributed by atoms with Crippen LogP contribution in [0.25, 0.3) is 0 Å². The molecule has 0 aliphatic rings. The number of ether oxygens (including phenoxy) is 1. The lowest BCUT2D eigenvalue weighted by Gasteiger charge is -2.06. The van der Waals surface area contributed by atoms with Gasteiger partial charge in [-0.3, -0.25) is 0 Å². The smallest absolute Gasteiger partial charge is 0.113 e. The fraction of sp³-hybridized carbons (Fsp3) is 0.667. The van der Waals surface area contributed by atoms with Crippen molar-refractivity contribution < 1.29 is 14.9 Å². The van der Waals surface area contributed by atoms with Crippen LogP contribution in [0.1, 0.15) is 6.42 Å². The molecule has 54 valence electrons. The van der Waals surface area contributed by atoms with Crippen LogP contribution < -0.4 is 0 Å². The van der Waals surface area contributed by atoms with Crippen molar-refractivity contribution in [2.75, 3.05) is 13.2 Å². The summed E-state index contributed by atoms with van der Waals surface area (Å²) >= 11 is 0. The molecule has 1 unspecified atom stereocenters. The Morgan fingerprint density at radius 3 is 2.78 bits per heavy atom. The minimum absolute atomic E-state index is 0.0122. The fourth-order valence-electron chi connectivity index (χ4n) is 0.411. The van der Waals surface area contributed by atoms with Crippen LogP contribution in [0.5, 0.6) is 0 Å². The number of rotatable bonds is 5. The van der Waals surface area contributed by atoms with Gasteiger partial charge in [0.2, 0.25) is 0 Å². The second-order valence-electron chi connectivity index (χ2n) is 1.67. The lowest BCUT2D eigenvalue weighted by Crippen LogP contribution is -2.14. The molecule has 0 radical (unpaired) electrons. The topological polar surface area (TPSA) is 49.7 Å². The van der Waals surface area contributed by atoms with E-state index in [-0.39, 0.29) is 13.2 Å². The molecule has 0 aromatic rings. The highest BCUT2D eigenvalue weighted by Crippen LogP contribution is 1.90. The minimum Gasteiger partial charge on any atom is -0.499 e. The van der Waals surface area contributed by atoms with Crippen molar-refractivity contribution in [2.24, 2.45) is 0 Å². The highest BCUT2D eigenvalue weighted by atomic mass is 16.5. The van der Waals surface area contributed by atoms with Gasteiger partial charge in [-0.05, 0) is 6.42 Å². The van der Waals surface area contributed by atoms with Gasteiger partial charge in [-0.25, -0.2) is 0 Å². The summed E-state index contributed by atoms with van der Waals surface area (Å²) in [6.07, 6.45) is 1.04. The summed E-state index contributed by atoms with van der Waals surface area (Å²) in [5, 5.41) is 17.1. The molecule has 0 amide bonds. The van der Waals surface area contributed by atoms with E-state index in [2.05, 4.69) is 11.3 Å². The summed E-state index contributed by atoms with van der Waals surface area (Å²) in [5.74, 6) is 0. The van der Waals surface area contributed by atoms with Gasteiger partial charge in [0, 0.05) is 6.61 Å². The molecule has 0 heterocycles. The monoisotopic (exact) mass is 132 g/mol. The third kappa shape index (κ3) is 5.33. The molecule has 0 rings (SSSR count). The molecule has 3 heteroatoms. The zero-order chi connectivity index (χ0) is 7.11. The first kappa shape index (κ1) is 8.46. The zero-order valence-electron chi connectivity index (χ0n) is 5.29. The van der Waals surface area contributed by atoms with Crippen molar-refractivity contribution in [3.63, 3.8) is 0 Å². The molecule has 0 aromatic carbocycles. The number of aliphatic hydroxyl groups excluding tert-OH is 2. The summed E-state index contributed by atoms with van der Waals surface area (Å²) in [6.45, 7) is 3.50. The number of hydrogen-bond acceptors (Lipinski definition) is 3. The van der Waals surface area contributed by atoms with Crippen molar-refractivity contribution in [1.82, 2.24) is 0 Å². The molecule has 0 spiro atoms. The Balaban J connectivity index is 3.04. The number of hydrogen-bond donors (Lipinski definition) is 2. The third-order valence-corrected chi connectivity index (χ3v) is 0.869. The molecular formula is C6H12O3. The predicted octanol–water partition coefficient (Wildman–Crippen LogP) is -0.110. The van der Waals surface area contributed by atoms with Crippen molar-refractivity contribution in [1.29, 1.82) is 0 Å². The van der Waals surface area contributed by atoms with Gasteiger partial charge in [0.15, 0.2) is 0 Å². The van der Waals surface area contributed by atoms with Crippen LogP contribution in [0.15, 0.2) is 12.8 Å². The van der Waals surface area contributed by atoms with Crippen LogP contribution in [-0.4, -0.2) is 29.5 Å². The van der Waals surface area contributed by atoms with Gasteiger partial charge >= 0.3 is 0 Å². The molecular weight excluding hydrogens is 120 g/mol. The van der Waals surface area contributed by atoms with E-state index >= 15 is 0 Å². The van der Waals surface area contributed by atoms with Gasteiger partial charge in [-0.2, -0.15) is 0 Å². The predicted molar refractivity (Wildman–Crippen MR) is 33.9 cm³/mol. The van der Waals surface area contributed by atoms with Gasteiger partial charge in [-0.15, -0.1) is 0 Å². The summed E-state index contributed by atoms with van der Waals surface area (Å²) in [5.41, 5.74) is 0. The van der Waals surface area contributed by atoms with Crippen molar-refractivity contribution in [3.05, 3.63) is 12.8 Å². The molecule has 2 N–H and O–H groups in total. The van der Waals surface area contributed by atoms with Gasteiger partial charge < -0.3 is 14.9 Å². The zero-order valence-corrected chi connectivity index (χ0v) is 5.29. The van der Waals surface area contributed by atoms with E-state index < -0.39 is 6.10 Å². The van der Waals surface area contributed by atoms with Gasteiger partial charge in [0.1, 0.15) is 6.61 Å². The van der Waals surface area contributed by atoms with Gasteiger partial charge in [-0.1, -0.05) is 6.58 Å². The molecule has 3 nitrogen and oxygen atoms in total. The van der Waals surface area contributed by atoms with E-state index in [4.69, 9.17) is 10.2 Å². The van der Waals surface area contributed by atoms with Crippen molar-refractivity contribution >= 4 is 0 Å². The van der Waals surface area contributed by atoms with E-state index in [1.165, 1.54) is 6.26 Å². The second kappa shape index (κ2) is 5.59. The fourth-order valence-corrected chi connectivity index (χ4v) is 0.411. The first-order valence-corrected chi connectivity index (χ1v) is 2.82. The Labute approximate surface area is 54.6 Å². The van der Waals surface area contributed by atoms with E-state index in [1.54, 1.807) is 0 Å². The van der Waals surface area contributed by atoms with Crippen molar-refractivity contribution in [2.45, 2.75) is 12.5 Å². The average Bonchev–Trinajstić information content (AvgIpc) is 1.85. The Kier molecular flexibility index (Phi) is 5.26. The van der Waals surface area contributed by atoms with Crippen LogP contribution in [0, 0.1) is 0 Å². The number of aliphatic hydroxyl groups is 2. The molecule has 0 fully saturated rings. The highest BCUT2D eigenvalue weighted by Gasteiger charge is 2.00. The minimum atomic E-state index is -0.576. The normalized spacial score (nSPS) is 12.7. The molecule has 0 saturated carbocycles. The largest absolute Gasteiger partial charge is 0.499 e. The maximum absolute atomic E-state index is 8.85. The maximum atomic E-state index is 8.85. The van der Waals surface area contributed by atoms with E-state index in [1.807, 2.05) is 0 Å². The molecule has 9 heavy (non-hydrogen) atoms. The molecule has 0 bridgehead atoms. The van der Waals surface area contributed by atoms with Gasteiger partial charge in [0.05, 0.1) is 12.4 Å². The summed E-state index contributed by atoms with van der Waals surface area (Å²) in [6, 6.07) is 0. The van der Waals surface area contributed by atoms with Crippen molar-refractivity contribution in [3.8, 4) is 0 Å². The first-order valence-electron chi connectivity index (χ1n) is 2.82. The Morgan fingerprint density at radius 1 is 1.67 bits per heavy atom. The lowest BCUT2D eigenvalue weighted by atomic mass is 10.3. The Morgan fingerprint density at radius 2 is 2.33 bits per heavy atom. The summed E-state index contributed by atoms with van der Waals surface area (Å²) in [7, 11) is 0. The van der Waals surface area contributed by atoms with Crippen LogP contribution >= 0.6 is 0 Å². The van der Waals surface area contributed by atoms with E-state index in [9.17, 15) is 0 Å². The first-order chi connectivity index (χ1) is 4.31. The second-order valence-corrected chi connectivity index (χ2v) is 1.67. The Bertz CT molecular complexity index is 72.7. The quantitative estimate of drug-likeness (QED) is 0.513. The van der Waals surface area contributed by atoms with E-state index in [0.29, 0.717) is 6.42 Å². The highest BCUT2D eigenvalue weighted by molar-refractivity contribution is 4.56. The average molecular weight is 132 g/mol. The molecule has 0 aliphatic carbocycles. The molecule has 0 saturated heterocycles. The molecule has 0 aromatic heterocycles. The maximum Gasteiger partial charge on any atom is 0.113 e. The molecule has 1 atom stereocenters. The van der Waals surface area contributed by atoms with Gasteiger partial charge in [0.25, 0.3) is 0 Å². The lowest BCUT2D eigenvalue weighted by molar-refractivity contribution is 0.0639. The standard InChI is InChI=1S/C6H12O3/c1-2-9-5-6(8)3-4-7/h2,6-8H,1,3-5H2. The van der Waals surface area contributed by atoms with Crippen LogP contribution in [-0.2, 0) is 4.74 Å². The SMILES string of the molecule is C=COCC(O)CCO. The van der Waals surface area contributed by atoms with Crippen LogP contribution in [0.2, 0.25) is 0 Å². The summed E-state index contributed by atoms with van der Waals surface area (Å²) < 4.78 is 4.65. The van der Waals surface area contributed by atoms with Crippen LogP contribution in [0.4, 0.5) is 0 Å². The van der Waals surface area contributed by atoms with Crippen LogP contribution in [0.3, 0.4) is 0 Å². The molecule has 0 aliphatic heterocycles. The summed E-state index contributed by atoms with van der Waals surface area (Å²) in [4.78, 5) is 0. The van der Waals surface area contributed by atoms with E-state index in [0.717, 1.165) is 0 Å². The Hall–Kier alpha value is -0.540. The third-order valence-electron chi connectivity index (χ3n) is 0.869.